The van der Waals surface area contributed by atoms with Gasteiger partial charge in [0.1, 0.15) is 4.60 Å². The van der Waals surface area contributed by atoms with Crippen molar-refractivity contribution in [3.05, 3.63) is 21.3 Å². The molecule has 5 heteroatoms. The molecule has 0 bridgehead atoms. The smallest absolute Gasteiger partial charge is 0.129 e. The van der Waals surface area contributed by atoms with Crippen LogP contribution in [0.5, 0.6) is 0 Å². The third-order valence-corrected chi connectivity index (χ3v) is 2.46. The monoisotopic (exact) mass is 308 g/mol. The minimum absolute atomic E-state index is 0.370. The van der Waals surface area contributed by atoms with E-state index < -0.39 is 0 Å². The summed E-state index contributed by atoms with van der Waals surface area (Å²) in [7, 11) is 0. The zero-order chi connectivity index (χ0) is 9.84. The highest BCUT2D eigenvalue weighted by molar-refractivity contribution is 9.11. The lowest BCUT2D eigenvalue weighted by molar-refractivity contribution is 0.208. The van der Waals surface area contributed by atoms with E-state index in [0.29, 0.717) is 6.54 Å². The molecule has 0 aliphatic rings. The summed E-state index contributed by atoms with van der Waals surface area (Å²) < 4.78 is 1.65. The van der Waals surface area contributed by atoms with Gasteiger partial charge < -0.3 is 10.4 Å². The third-order valence-electron chi connectivity index (χ3n) is 1.39. The number of aromatic nitrogens is 1. The Kier molecular flexibility index (Phi) is 4.15. The molecule has 1 aromatic heterocycles. The van der Waals surface area contributed by atoms with Gasteiger partial charge >= 0.3 is 0 Å². The number of nitrogens with zero attached hydrogens (tertiary/aromatic N) is 1. The van der Waals surface area contributed by atoms with E-state index >= 15 is 0 Å². The van der Waals surface area contributed by atoms with Crippen LogP contribution in [-0.2, 0) is 0 Å². The van der Waals surface area contributed by atoms with Gasteiger partial charge in [-0.15, -0.1) is 0 Å². The summed E-state index contributed by atoms with van der Waals surface area (Å²) in [5, 5.41) is 12.1. The van der Waals surface area contributed by atoms with E-state index in [4.69, 9.17) is 5.11 Å². The van der Waals surface area contributed by atoms with Crippen LogP contribution in [0.3, 0.4) is 0 Å². The second kappa shape index (κ2) is 4.93. The van der Waals surface area contributed by atoms with Gasteiger partial charge in [0.25, 0.3) is 0 Å². The lowest BCUT2D eigenvalue weighted by atomic mass is 10.3. The Morgan fingerprint density at radius 1 is 1.62 bits per heavy atom. The van der Waals surface area contributed by atoms with Crippen LogP contribution in [0, 0.1) is 0 Å². The Morgan fingerprint density at radius 2 is 2.31 bits per heavy atom. The zero-order valence-electron chi connectivity index (χ0n) is 7.09. The molecule has 0 aromatic carbocycles. The number of hydrogen-bond acceptors (Lipinski definition) is 3. The van der Waals surface area contributed by atoms with Crippen molar-refractivity contribution in [3.8, 4) is 0 Å². The molecule has 0 aliphatic heterocycles. The number of aliphatic hydroxyl groups is 1. The highest BCUT2D eigenvalue weighted by atomic mass is 79.9. The molecule has 0 unspecified atom stereocenters. The summed E-state index contributed by atoms with van der Waals surface area (Å²) in [5.74, 6) is 0. The number of halogens is 2. The zero-order valence-corrected chi connectivity index (χ0v) is 10.3. The number of nitrogens with one attached hydrogen (secondary N) is 1. The topological polar surface area (TPSA) is 45.1 Å². The van der Waals surface area contributed by atoms with Gasteiger partial charge in [-0.1, -0.05) is 0 Å². The molecule has 1 aromatic rings. The van der Waals surface area contributed by atoms with Crippen LogP contribution in [0.15, 0.2) is 21.3 Å². The second-order valence-electron chi connectivity index (χ2n) is 2.72. The molecule has 1 heterocycles. The highest BCUT2D eigenvalue weighted by Gasteiger charge is 2.02. The van der Waals surface area contributed by atoms with E-state index in [0.717, 1.165) is 14.8 Å². The predicted octanol–water partition coefficient (Wildman–Crippen LogP) is 2.40. The maximum absolute atomic E-state index is 9.06. The molecule has 0 radical (unpaired) electrons. The van der Waals surface area contributed by atoms with Gasteiger partial charge in [0, 0.05) is 17.2 Å². The van der Waals surface area contributed by atoms with Crippen LogP contribution in [0.4, 0.5) is 5.69 Å². The molecule has 0 amide bonds. The van der Waals surface area contributed by atoms with E-state index in [9.17, 15) is 0 Å². The number of rotatable bonds is 3. The average molecular weight is 310 g/mol. The van der Waals surface area contributed by atoms with Gasteiger partial charge in [-0.05, 0) is 44.8 Å². The third kappa shape index (κ3) is 3.62. The summed E-state index contributed by atoms with van der Waals surface area (Å²) in [6.45, 7) is 2.24. The van der Waals surface area contributed by atoms with Crippen LogP contribution in [0.1, 0.15) is 6.92 Å². The number of aliphatic hydroxyl groups excluding tert-OH is 1. The Hall–Kier alpha value is -0.130. The lowest BCUT2D eigenvalue weighted by Gasteiger charge is -2.09. The van der Waals surface area contributed by atoms with E-state index in [-0.39, 0.29) is 6.10 Å². The lowest BCUT2D eigenvalue weighted by Crippen LogP contribution is -2.15. The largest absolute Gasteiger partial charge is 0.392 e. The quantitative estimate of drug-likeness (QED) is 0.843. The van der Waals surface area contributed by atoms with E-state index in [1.165, 1.54) is 0 Å². The fourth-order valence-corrected chi connectivity index (χ4v) is 1.49. The van der Waals surface area contributed by atoms with Gasteiger partial charge in [-0.3, -0.25) is 0 Å². The number of pyridine rings is 1. The normalized spacial score (nSPS) is 12.6. The second-order valence-corrected chi connectivity index (χ2v) is 4.39. The predicted molar refractivity (Wildman–Crippen MR) is 59.8 cm³/mol. The van der Waals surface area contributed by atoms with Crippen molar-refractivity contribution in [2.45, 2.75) is 13.0 Å². The Morgan fingerprint density at radius 3 is 2.92 bits per heavy atom. The van der Waals surface area contributed by atoms with Crippen LogP contribution >= 0.6 is 31.9 Å². The minimum Gasteiger partial charge on any atom is -0.392 e. The van der Waals surface area contributed by atoms with Gasteiger partial charge in [-0.2, -0.15) is 0 Å². The summed E-state index contributed by atoms with van der Waals surface area (Å²) in [6, 6.07) is 1.90. The highest BCUT2D eigenvalue weighted by Crippen LogP contribution is 2.23. The molecule has 2 N–H and O–H groups in total. The van der Waals surface area contributed by atoms with E-state index in [1.54, 1.807) is 13.1 Å². The maximum Gasteiger partial charge on any atom is 0.129 e. The molecular formula is C8H10Br2N2O. The molecule has 1 atom stereocenters. The molecule has 0 saturated carbocycles. The molecule has 0 saturated heterocycles. The molecule has 0 aliphatic carbocycles. The van der Waals surface area contributed by atoms with Crippen LogP contribution in [-0.4, -0.2) is 22.7 Å². The molecule has 1 rings (SSSR count). The van der Waals surface area contributed by atoms with Crippen molar-refractivity contribution < 1.29 is 5.11 Å². The van der Waals surface area contributed by atoms with Crippen molar-refractivity contribution in [1.82, 2.24) is 4.98 Å². The first-order chi connectivity index (χ1) is 6.09. The molecule has 13 heavy (non-hydrogen) atoms. The first kappa shape index (κ1) is 10.9. The summed E-state index contributed by atoms with van der Waals surface area (Å²) >= 11 is 6.62. The van der Waals surface area contributed by atoms with Crippen molar-refractivity contribution in [1.29, 1.82) is 0 Å². The summed E-state index contributed by atoms with van der Waals surface area (Å²) in [5.41, 5.74) is 0.871. The van der Waals surface area contributed by atoms with Crippen molar-refractivity contribution in [2.24, 2.45) is 0 Å². The van der Waals surface area contributed by atoms with E-state index in [1.807, 2.05) is 6.07 Å². The van der Waals surface area contributed by atoms with Crippen LogP contribution in [0.2, 0.25) is 0 Å². The van der Waals surface area contributed by atoms with Gasteiger partial charge in [0.15, 0.2) is 0 Å². The average Bonchev–Trinajstić information content (AvgIpc) is 2.06. The van der Waals surface area contributed by atoms with Gasteiger partial charge in [-0.25, -0.2) is 4.98 Å². The van der Waals surface area contributed by atoms with Gasteiger partial charge in [0.05, 0.1) is 11.8 Å². The van der Waals surface area contributed by atoms with Crippen LogP contribution in [0.25, 0.3) is 0 Å². The SMILES string of the molecule is C[C@@H](O)CNc1cc(Br)cnc1Br. The Labute approximate surface area is 93.8 Å². The number of anilines is 1. The standard InChI is InChI=1S/C8H10Br2N2O/c1-5(13)3-11-7-2-6(9)4-12-8(7)10/h2,4-5,11,13H,3H2,1H3/t5-/m1/s1. The Balaban J connectivity index is 2.70. The fraction of sp³-hybridized carbons (Fsp3) is 0.375. The molecular weight excluding hydrogens is 300 g/mol. The maximum atomic E-state index is 9.06. The fourth-order valence-electron chi connectivity index (χ4n) is 0.804. The molecule has 0 spiro atoms. The van der Waals surface area contributed by atoms with Crippen LogP contribution < -0.4 is 5.32 Å². The Bertz CT molecular complexity index is 291. The molecule has 3 nitrogen and oxygen atoms in total. The minimum atomic E-state index is -0.370. The van der Waals surface area contributed by atoms with Gasteiger partial charge in [0.2, 0.25) is 0 Å². The number of hydrogen-bond donors (Lipinski definition) is 2. The van der Waals surface area contributed by atoms with Crippen molar-refractivity contribution in [2.75, 3.05) is 11.9 Å². The summed E-state index contributed by atoms with van der Waals surface area (Å²) in [6.07, 6.45) is 1.34. The summed E-state index contributed by atoms with van der Waals surface area (Å²) in [4.78, 5) is 4.08. The first-order valence-electron chi connectivity index (χ1n) is 3.82. The van der Waals surface area contributed by atoms with Crippen molar-refractivity contribution >= 4 is 37.5 Å². The molecule has 72 valence electrons. The van der Waals surface area contributed by atoms with E-state index in [2.05, 4.69) is 42.2 Å². The first-order valence-corrected chi connectivity index (χ1v) is 5.41. The van der Waals surface area contributed by atoms with Crippen molar-refractivity contribution in [3.63, 3.8) is 0 Å². The molecule has 0 fully saturated rings.